The van der Waals surface area contributed by atoms with Crippen LogP contribution in [0, 0.1) is 0 Å². The number of hydrogen-bond donors (Lipinski definition) is 1. The van der Waals surface area contributed by atoms with Crippen molar-refractivity contribution in [3.63, 3.8) is 0 Å². The number of halogens is 1. The van der Waals surface area contributed by atoms with Crippen molar-refractivity contribution in [3.8, 4) is 0 Å². The Labute approximate surface area is 65.9 Å². The molecule has 5 heteroatoms. The fourth-order valence-corrected chi connectivity index (χ4v) is 0.929. The summed E-state index contributed by atoms with van der Waals surface area (Å²) >= 11 is 5.51. The number of sulfone groups is 1. The second kappa shape index (κ2) is 2.68. The Bertz CT molecular complexity index is 205. The molecule has 0 aliphatic heterocycles. The van der Waals surface area contributed by atoms with Crippen LogP contribution >= 0.6 is 11.6 Å². The maximum atomic E-state index is 10.8. The highest BCUT2D eigenvalue weighted by Gasteiger charge is 2.38. The molecule has 0 saturated carbocycles. The molecule has 1 N–H and O–H groups in total. The van der Waals surface area contributed by atoms with E-state index in [1.165, 1.54) is 13.8 Å². The Morgan fingerprint density at radius 2 is 1.90 bits per heavy atom. The second-order valence-electron chi connectivity index (χ2n) is 2.43. The zero-order chi connectivity index (χ0) is 8.58. The Morgan fingerprint density at radius 1 is 1.60 bits per heavy atom. The lowest BCUT2D eigenvalue weighted by atomic mass is 10.3. The van der Waals surface area contributed by atoms with Gasteiger partial charge in [0, 0.05) is 6.26 Å². The van der Waals surface area contributed by atoms with Gasteiger partial charge in [0.05, 0.1) is 6.10 Å². The topological polar surface area (TPSA) is 54.4 Å². The predicted molar refractivity (Wildman–Crippen MR) is 40.8 cm³/mol. The van der Waals surface area contributed by atoms with Crippen molar-refractivity contribution in [1.82, 2.24) is 0 Å². The molecule has 0 saturated heterocycles. The standard InChI is InChI=1S/C5H11ClO3S/c1-4(7)5(2,6)10(3,8)9/h4,7H,1-3H3/t4-,5+/m1/s1. The third kappa shape index (κ3) is 1.84. The van der Waals surface area contributed by atoms with Crippen molar-refractivity contribution in [1.29, 1.82) is 0 Å². The van der Waals surface area contributed by atoms with Gasteiger partial charge in [-0.1, -0.05) is 11.6 Å². The molecular weight excluding hydrogens is 176 g/mol. The van der Waals surface area contributed by atoms with Gasteiger partial charge in [-0.15, -0.1) is 0 Å². The highest BCUT2D eigenvalue weighted by molar-refractivity contribution is 7.93. The molecule has 0 rings (SSSR count). The zero-order valence-electron chi connectivity index (χ0n) is 6.13. The highest BCUT2D eigenvalue weighted by atomic mass is 35.5. The van der Waals surface area contributed by atoms with Gasteiger partial charge in [0.1, 0.15) is 0 Å². The van der Waals surface area contributed by atoms with Crippen molar-refractivity contribution in [2.24, 2.45) is 0 Å². The van der Waals surface area contributed by atoms with Crippen LogP contribution in [0.25, 0.3) is 0 Å². The predicted octanol–water partition coefficient (Wildman–Crippen LogP) is 0.367. The van der Waals surface area contributed by atoms with Gasteiger partial charge in [0.15, 0.2) is 14.0 Å². The molecule has 0 amide bonds. The average molecular weight is 187 g/mol. The molecule has 0 unspecified atom stereocenters. The van der Waals surface area contributed by atoms with Crippen molar-refractivity contribution in [2.45, 2.75) is 24.2 Å². The monoisotopic (exact) mass is 186 g/mol. The van der Waals surface area contributed by atoms with E-state index >= 15 is 0 Å². The molecule has 2 atom stereocenters. The van der Waals surface area contributed by atoms with Crippen LogP contribution < -0.4 is 0 Å². The summed E-state index contributed by atoms with van der Waals surface area (Å²) in [5, 5.41) is 8.90. The molecule has 0 fully saturated rings. The summed E-state index contributed by atoms with van der Waals surface area (Å²) in [5.74, 6) is 0. The minimum atomic E-state index is -3.39. The van der Waals surface area contributed by atoms with Gasteiger partial charge in [0.2, 0.25) is 0 Å². The van der Waals surface area contributed by atoms with E-state index < -0.39 is 20.1 Å². The molecule has 0 spiro atoms. The minimum Gasteiger partial charge on any atom is -0.390 e. The Balaban J connectivity index is 4.76. The Hall–Kier alpha value is 0.200. The van der Waals surface area contributed by atoms with Gasteiger partial charge in [-0.05, 0) is 13.8 Å². The maximum absolute atomic E-state index is 10.8. The van der Waals surface area contributed by atoms with Gasteiger partial charge < -0.3 is 5.11 Å². The van der Waals surface area contributed by atoms with E-state index in [9.17, 15) is 8.42 Å². The molecule has 0 aliphatic rings. The summed E-state index contributed by atoms with van der Waals surface area (Å²) in [6, 6.07) is 0. The maximum Gasteiger partial charge on any atom is 0.169 e. The van der Waals surface area contributed by atoms with Gasteiger partial charge in [-0.2, -0.15) is 0 Å². The SMILES string of the molecule is C[C@@H](O)[C@@](C)(Cl)S(C)(=O)=O. The summed E-state index contributed by atoms with van der Waals surface area (Å²) < 4.78 is 20.0. The highest BCUT2D eigenvalue weighted by Crippen LogP contribution is 2.25. The second-order valence-corrected chi connectivity index (χ2v) is 5.84. The minimum absolute atomic E-state index is 0.993. The fourth-order valence-electron chi connectivity index (χ4n) is 0.310. The molecule has 62 valence electrons. The van der Waals surface area contributed by atoms with Crippen molar-refractivity contribution in [2.75, 3.05) is 6.26 Å². The lowest BCUT2D eigenvalue weighted by molar-refractivity contribution is 0.180. The van der Waals surface area contributed by atoms with Crippen molar-refractivity contribution in [3.05, 3.63) is 0 Å². The smallest absolute Gasteiger partial charge is 0.169 e. The van der Waals surface area contributed by atoms with Crippen LogP contribution in [0.4, 0.5) is 0 Å². The largest absolute Gasteiger partial charge is 0.390 e. The van der Waals surface area contributed by atoms with Gasteiger partial charge in [-0.3, -0.25) is 0 Å². The van der Waals surface area contributed by atoms with E-state index in [-0.39, 0.29) is 0 Å². The molecule has 0 heterocycles. The summed E-state index contributed by atoms with van der Waals surface area (Å²) in [6.45, 7) is 2.61. The molecule has 0 aliphatic carbocycles. The summed E-state index contributed by atoms with van der Waals surface area (Å²) in [4.78, 5) is 0. The van der Waals surface area contributed by atoms with E-state index in [1.54, 1.807) is 0 Å². The first-order valence-electron chi connectivity index (χ1n) is 2.76. The molecule has 0 aromatic carbocycles. The molecule has 0 aromatic rings. The van der Waals surface area contributed by atoms with Crippen LogP contribution in [0.5, 0.6) is 0 Å². The van der Waals surface area contributed by atoms with Crippen LogP contribution in [0.1, 0.15) is 13.8 Å². The quantitative estimate of drug-likeness (QED) is 0.634. The molecule has 10 heavy (non-hydrogen) atoms. The van der Waals surface area contributed by atoms with Crippen LogP contribution in [0.2, 0.25) is 0 Å². The number of alkyl halides is 1. The van der Waals surface area contributed by atoms with Crippen LogP contribution in [-0.2, 0) is 9.84 Å². The number of aliphatic hydroxyl groups excluding tert-OH is 1. The number of aliphatic hydroxyl groups is 1. The van der Waals surface area contributed by atoms with E-state index in [1.807, 2.05) is 0 Å². The summed E-state index contributed by atoms with van der Waals surface area (Å²) in [6.07, 6.45) is -0.0728. The zero-order valence-corrected chi connectivity index (χ0v) is 7.70. The lowest BCUT2D eigenvalue weighted by Crippen LogP contribution is -2.38. The molecule has 0 aromatic heterocycles. The van der Waals surface area contributed by atoms with Gasteiger partial charge in [-0.25, -0.2) is 8.42 Å². The number of rotatable bonds is 2. The first kappa shape index (κ1) is 10.2. The summed E-state index contributed by atoms with van der Waals surface area (Å²) in [5.41, 5.74) is 0. The van der Waals surface area contributed by atoms with Crippen molar-refractivity contribution >= 4 is 21.4 Å². The first-order valence-corrected chi connectivity index (χ1v) is 5.03. The van der Waals surface area contributed by atoms with E-state index in [2.05, 4.69) is 0 Å². The molecule has 3 nitrogen and oxygen atoms in total. The summed E-state index contributed by atoms with van der Waals surface area (Å²) in [7, 11) is -3.39. The van der Waals surface area contributed by atoms with Crippen LogP contribution in [0.15, 0.2) is 0 Å². The first-order chi connectivity index (χ1) is 4.19. The average Bonchev–Trinajstić information content (AvgIpc) is 1.62. The Morgan fingerprint density at radius 3 is 1.90 bits per heavy atom. The van der Waals surface area contributed by atoms with Gasteiger partial charge in [0.25, 0.3) is 0 Å². The van der Waals surface area contributed by atoms with E-state index in [0.29, 0.717) is 0 Å². The molecular formula is C5H11ClO3S. The Kier molecular flexibility index (Phi) is 2.73. The number of hydrogen-bond acceptors (Lipinski definition) is 3. The molecule has 0 radical (unpaired) electrons. The van der Waals surface area contributed by atoms with Crippen LogP contribution in [0.3, 0.4) is 0 Å². The third-order valence-electron chi connectivity index (χ3n) is 1.47. The van der Waals surface area contributed by atoms with Gasteiger partial charge >= 0.3 is 0 Å². The van der Waals surface area contributed by atoms with E-state index in [4.69, 9.17) is 16.7 Å². The normalized spacial score (nSPS) is 21.7. The molecule has 0 bridgehead atoms. The van der Waals surface area contributed by atoms with Crippen LogP contribution in [-0.4, -0.2) is 30.1 Å². The third-order valence-corrected chi connectivity index (χ3v) is 4.42. The lowest BCUT2D eigenvalue weighted by Gasteiger charge is -2.22. The van der Waals surface area contributed by atoms with E-state index in [0.717, 1.165) is 6.26 Å². The van der Waals surface area contributed by atoms with Crippen molar-refractivity contribution < 1.29 is 13.5 Å². The fraction of sp³-hybridized carbons (Fsp3) is 1.00.